The van der Waals surface area contributed by atoms with E-state index in [0.717, 1.165) is 11.3 Å². The van der Waals surface area contributed by atoms with Crippen molar-refractivity contribution in [3.05, 3.63) is 53.1 Å². The number of para-hydroxylation sites is 2. The van der Waals surface area contributed by atoms with Gasteiger partial charge in [-0.05, 0) is 42.8 Å². The Morgan fingerprint density at radius 1 is 1.29 bits per heavy atom. The molecule has 0 unspecified atom stereocenters. The first-order valence-corrected chi connectivity index (χ1v) is 6.97. The van der Waals surface area contributed by atoms with Crippen molar-refractivity contribution in [1.29, 1.82) is 0 Å². The second kappa shape index (κ2) is 6.99. The van der Waals surface area contributed by atoms with Crippen LogP contribution in [-0.4, -0.2) is 12.5 Å². The minimum absolute atomic E-state index is 0.139. The van der Waals surface area contributed by atoms with Crippen molar-refractivity contribution in [2.45, 2.75) is 13.3 Å². The van der Waals surface area contributed by atoms with Gasteiger partial charge in [-0.1, -0.05) is 23.7 Å². The fourth-order valence-corrected chi connectivity index (χ4v) is 2.08. The first-order chi connectivity index (χ1) is 10.1. The van der Waals surface area contributed by atoms with Gasteiger partial charge in [0, 0.05) is 5.02 Å². The number of carbonyl (C=O) groups excluding carboxylic acids is 1. The van der Waals surface area contributed by atoms with Gasteiger partial charge in [-0.25, -0.2) is 0 Å². The molecule has 5 heteroatoms. The van der Waals surface area contributed by atoms with Crippen molar-refractivity contribution in [1.82, 2.24) is 0 Å². The van der Waals surface area contributed by atoms with E-state index in [4.69, 9.17) is 22.1 Å². The van der Waals surface area contributed by atoms with Crippen molar-refractivity contribution in [3.8, 4) is 5.75 Å². The number of hydrogen-bond donors (Lipinski definition) is 2. The molecule has 2 aromatic rings. The Labute approximate surface area is 128 Å². The molecule has 110 valence electrons. The summed E-state index contributed by atoms with van der Waals surface area (Å²) in [6.45, 7) is 2.20. The van der Waals surface area contributed by atoms with Gasteiger partial charge in [0.2, 0.25) is 5.91 Å². The second-order valence-corrected chi connectivity index (χ2v) is 5.08. The zero-order valence-corrected chi connectivity index (χ0v) is 12.5. The number of anilines is 2. The summed E-state index contributed by atoms with van der Waals surface area (Å²) < 4.78 is 5.58. The van der Waals surface area contributed by atoms with Crippen molar-refractivity contribution < 1.29 is 9.53 Å². The molecule has 3 N–H and O–H groups in total. The third kappa shape index (κ3) is 4.39. The number of rotatable bonds is 5. The smallest absolute Gasteiger partial charge is 0.227 e. The summed E-state index contributed by atoms with van der Waals surface area (Å²) in [6, 6.07) is 12.5. The maximum atomic E-state index is 11.8. The van der Waals surface area contributed by atoms with Gasteiger partial charge in [-0.15, -0.1) is 0 Å². The van der Waals surface area contributed by atoms with Crippen LogP contribution in [0, 0.1) is 6.92 Å². The molecule has 0 spiro atoms. The van der Waals surface area contributed by atoms with Crippen molar-refractivity contribution in [3.63, 3.8) is 0 Å². The number of ether oxygens (including phenoxy) is 1. The Balaban J connectivity index is 1.83. The topological polar surface area (TPSA) is 64.3 Å². The quantitative estimate of drug-likeness (QED) is 0.829. The van der Waals surface area contributed by atoms with E-state index < -0.39 is 0 Å². The molecule has 21 heavy (non-hydrogen) atoms. The van der Waals surface area contributed by atoms with E-state index in [1.807, 2.05) is 25.1 Å². The maximum Gasteiger partial charge on any atom is 0.227 e. The molecule has 0 aliphatic rings. The van der Waals surface area contributed by atoms with Crippen LogP contribution in [0.25, 0.3) is 0 Å². The molecule has 2 rings (SSSR count). The molecule has 1 amide bonds. The summed E-state index contributed by atoms with van der Waals surface area (Å²) in [5.41, 5.74) is 7.86. The number of aryl methyl sites for hydroxylation is 1. The summed E-state index contributed by atoms with van der Waals surface area (Å²) in [5, 5.41) is 3.42. The van der Waals surface area contributed by atoms with Crippen LogP contribution in [0.1, 0.15) is 12.0 Å². The minimum atomic E-state index is -0.139. The number of halogens is 1. The molecule has 0 saturated heterocycles. The highest BCUT2D eigenvalue weighted by atomic mass is 35.5. The molecule has 0 atom stereocenters. The van der Waals surface area contributed by atoms with Gasteiger partial charge in [0.1, 0.15) is 5.75 Å². The minimum Gasteiger partial charge on any atom is -0.493 e. The predicted molar refractivity (Wildman–Crippen MR) is 85.8 cm³/mol. The summed E-state index contributed by atoms with van der Waals surface area (Å²) in [6.07, 6.45) is 0.246. The van der Waals surface area contributed by atoms with Gasteiger partial charge in [0.15, 0.2) is 0 Å². The van der Waals surface area contributed by atoms with Gasteiger partial charge < -0.3 is 15.8 Å². The highest BCUT2D eigenvalue weighted by molar-refractivity contribution is 6.30. The molecular weight excluding hydrogens is 288 g/mol. The van der Waals surface area contributed by atoms with Crippen LogP contribution >= 0.6 is 11.6 Å². The van der Waals surface area contributed by atoms with E-state index in [0.29, 0.717) is 23.0 Å². The van der Waals surface area contributed by atoms with Crippen LogP contribution in [0.5, 0.6) is 5.75 Å². The third-order valence-electron chi connectivity index (χ3n) is 2.96. The Kier molecular flexibility index (Phi) is 5.06. The van der Waals surface area contributed by atoms with Crippen LogP contribution < -0.4 is 15.8 Å². The van der Waals surface area contributed by atoms with E-state index in [1.54, 1.807) is 24.3 Å². The standard InChI is InChI=1S/C16H17ClN2O2/c1-11-10-12(17)6-7-15(11)21-9-8-16(20)19-14-5-3-2-4-13(14)18/h2-7,10H,8-9,18H2,1H3,(H,19,20). The molecule has 0 aliphatic heterocycles. The van der Waals surface area contributed by atoms with Crippen molar-refractivity contribution >= 4 is 28.9 Å². The molecular formula is C16H17ClN2O2. The average molecular weight is 305 g/mol. The van der Waals surface area contributed by atoms with Crippen LogP contribution in [-0.2, 0) is 4.79 Å². The number of nitrogen functional groups attached to an aromatic ring is 1. The lowest BCUT2D eigenvalue weighted by molar-refractivity contribution is -0.116. The van der Waals surface area contributed by atoms with Gasteiger partial charge in [-0.2, -0.15) is 0 Å². The number of carbonyl (C=O) groups is 1. The fraction of sp³-hybridized carbons (Fsp3) is 0.188. The molecule has 0 saturated carbocycles. The molecule has 0 heterocycles. The molecule has 0 fully saturated rings. The lowest BCUT2D eigenvalue weighted by Gasteiger charge is -2.10. The predicted octanol–water partition coefficient (Wildman–Crippen LogP) is 3.64. The first-order valence-electron chi connectivity index (χ1n) is 6.59. The fourth-order valence-electron chi connectivity index (χ4n) is 1.85. The van der Waals surface area contributed by atoms with Crippen LogP contribution in [0.3, 0.4) is 0 Å². The first kappa shape index (κ1) is 15.2. The normalized spacial score (nSPS) is 10.2. The Bertz CT molecular complexity index is 644. The number of amides is 1. The molecule has 0 aliphatic carbocycles. The molecule has 0 bridgehead atoms. The molecule has 2 aromatic carbocycles. The summed E-state index contributed by atoms with van der Waals surface area (Å²) in [5.74, 6) is 0.589. The SMILES string of the molecule is Cc1cc(Cl)ccc1OCCC(=O)Nc1ccccc1N. The van der Waals surface area contributed by atoms with Crippen molar-refractivity contribution in [2.75, 3.05) is 17.7 Å². The number of benzene rings is 2. The summed E-state index contributed by atoms with van der Waals surface area (Å²) in [7, 11) is 0. The van der Waals surface area contributed by atoms with E-state index in [9.17, 15) is 4.79 Å². The number of nitrogens with two attached hydrogens (primary N) is 1. The monoisotopic (exact) mass is 304 g/mol. The Hall–Kier alpha value is -2.20. The summed E-state index contributed by atoms with van der Waals surface area (Å²) >= 11 is 5.88. The van der Waals surface area contributed by atoms with Crippen LogP contribution in [0.4, 0.5) is 11.4 Å². The summed E-state index contributed by atoms with van der Waals surface area (Å²) in [4.78, 5) is 11.8. The largest absolute Gasteiger partial charge is 0.493 e. The number of hydrogen-bond acceptors (Lipinski definition) is 3. The second-order valence-electron chi connectivity index (χ2n) is 4.64. The van der Waals surface area contributed by atoms with E-state index in [2.05, 4.69) is 5.32 Å². The lowest BCUT2D eigenvalue weighted by atomic mass is 10.2. The molecule has 4 nitrogen and oxygen atoms in total. The van der Waals surface area contributed by atoms with Crippen molar-refractivity contribution in [2.24, 2.45) is 0 Å². The highest BCUT2D eigenvalue weighted by Crippen LogP contribution is 2.22. The number of nitrogens with one attached hydrogen (secondary N) is 1. The van der Waals surface area contributed by atoms with Gasteiger partial charge in [0.25, 0.3) is 0 Å². The lowest BCUT2D eigenvalue weighted by Crippen LogP contribution is -2.16. The zero-order chi connectivity index (χ0) is 15.2. The zero-order valence-electron chi connectivity index (χ0n) is 11.7. The maximum absolute atomic E-state index is 11.8. The van der Waals surface area contributed by atoms with E-state index >= 15 is 0 Å². The molecule has 0 radical (unpaired) electrons. The Morgan fingerprint density at radius 2 is 2.05 bits per heavy atom. The third-order valence-corrected chi connectivity index (χ3v) is 3.19. The van der Waals surface area contributed by atoms with Gasteiger partial charge in [0.05, 0.1) is 24.4 Å². The van der Waals surface area contributed by atoms with E-state index in [-0.39, 0.29) is 12.3 Å². The highest BCUT2D eigenvalue weighted by Gasteiger charge is 2.06. The Morgan fingerprint density at radius 3 is 2.76 bits per heavy atom. The van der Waals surface area contributed by atoms with E-state index in [1.165, 1.54) is 0 Å². The molecule has 0 aromatic heterocycles. The van der Waals surface area contributed by atoms with Gasteiger partial charge in [-0.3, -0.25) is 4.79 Å². The van der Waals surface area contributed by atoms with Crippen LogP contribution in [0.15, 0.2) is 42.5 Å². The van der Waals surface area contributed by atoms with Crippen LogP contribution in [0.2, 0.25) is 5.02 Å². The average Bonchev–Trinajstić information content (AvgIpc) is 2.44. The van der Waals surface area contributed by atoms with Gasteiger partial charge >= 0.3 is 0 Å².